The molecule has 0 fully saturated rings. The predicted octanol–water partition coefficient (Wildman–Crippen LogP) is 2.63. The number of amides is 1. The standard InChI is InChI=1S/C14H21NO2/c1-4-5-9-15(3)14(16)11-17-13-8-6-7-12(2)10-13/h6-8,10H,4-5,9,11H2,1-3H3. The summed E-state index contributed by atoms with van der Waals surface area (Å²) in [6, 6.07) is 7.73. The molecule has 1 aromatic rings. The van der Waals surface area contributed by atoms with Gasteiger partial charge >= 0.3 is 0 Å². The zero-order valence-electron chi connectivity index (χ0n) is 10.9. The number of aryl methyl sites for hydroxylation is 1. The summed E-state index contributed by atoms with van der Waals surface area (Å²) in [4.78, 5) is 13.4. The Morgan fingerprint density at radius 2 is 2.18 bits per heavy atom. The number of rotatable bonds is 6. The second-order valence-corrected chi connectivity index (χ2v) is 4.27. The molecule has 3 heteroatoms. The molecule has 17 heavy (non-hydrogen) atoms. The summed E-state index contributed by atoms with van der Waals surface area (Å²) >= 11 is 0. The highest BCUT2D eigenvalue weighted by molar-refractivity contribution is 5.77. The van der Waals surface area contributed by atoms with Crippen molar-refractivity contribution in [2.75, 3.05) is 20.2 Å². The van der Waals surface area contributed by atoms with E-state index in [0.717, 1.165) is 30.7 Å². The molecule has 94 valence electrons. The van der Waals surface area contributed by atoms with Crippen LogP contribution < -0.4 is 4.74 Å². The number of nitrogens with zero attached hydrogens (tertiary/aromatic N) is 1. The van der Waals surface area contributed by atoms with Crippen LogP contribution in [0.1, 0.15) is 25.3 Å². The fourth-order valence-electron chi connectivity index (χ4n) is 1.48. The molecule has 0 aliphatic heterocycles. The fraction of sp³-hybridized carbons (Fsp3) is 0.500. The highest BCUT2D eigenvalue weighted by Gasteiger charge is 2.08. The molecule has 1 aromatic carbocycles. The molecule has 0 N–H and O–H groups in total. The second-order valence-electron chi connectivity index (χ2n) is 4.27. The van der Waals surface area contributed by atoms with Gasteiger partial charge in [-0.1, -0.05) is 25.5 Å². The average Bonchev–Trinajstić information content (AvgIpc) is 2.33. The van der Waals surface area contributed by atoms with Gasteiger partial charge < -0.3 is 9.64 Å². The van der Waals surface area contributed by atoms with Crippen molar-refractivity contribution in [3.63, 3.8) is 0 Å². The van der Waals surface area contributed by atoms with E-state index in [1.54, 1.807) is 4.90 Å². The molecule has 0 aliphatic rings. The Morgan fingerprint density at radius 1 is 1.41 bits per heavy atom. The zero-order chi connectivity index (χ0) is 12.7. The van der Waals surface area contributed by atoms with E-state index in [4.69, 9.17) is 4.74 Å². The van der Waals surface area contributed by atoms with Crippen LogP contribution in [0.15, 0.2) is 24.3 Å². The number of unbranched alkanes of at least 4 members (excludes halogenated alkanes) is 1. The lowest BCUT2D eigenvalue weighted by molar-refractivity contribution is -0.132. The topological polar surface area (TPSA) is 29.5 Å². The Hall–Kier alpha value is -1.51. The molecule has 0 radical (unpaired) electrons. The quantitative estimate of drug-likeness (QED) is 0.758. The molecule has 1 amide bonds. The third-order valence-corrected chi connectivity index (χ3v) is 2.62. The molecule has 1 rings (SSSR count). The van der Waals surface area contributed by atoms with Crippen molar-refractivity contribution in [3.8, 4) is 5.75 Å². The molecule has 0 saturated carbocycles. The molecule has 0 unspecified atom stereocenters. The summed E-state index contributed by atoms with van der Waals surface area (Å²) in [6.07, 6.45) is 2.13. The van der Waals surface area contributed by atoms with Crippen LogP contribution in [0.3, 0.4) is 0 Å². The highest BCUT2D eigenvalue weighted by Crippen LogP contribution is 2.12. The first-order chi connectivity index (χ1) is 8.13. The van der Waals surface area contributed by atoms with Crippen LogP contribution in [0.5, 0.6) is 5.75 Å². The lowest BCUT2D eigenvalue weighted by Crippen LogP contribution is -2.32. The average molecular weight is 235 g/mol. The predicted molar refractivity (Wildman–Crippen MR) is 69.2 cm³/mol. The number of carbonyl (C=O) groups is 1. The number of ether oxygens (including phenoxy) is 1. The lowest BCUT2D eigenvalue weighted by atomic mass is 10.2. The van der Waals surface area contributed by atoms with Gasteiger partial charge in [0, 0.05) is 13.6 Å². The van der Waals surface area contributed by atoms with Crippen molar-refractivity contribution in [1.82, 2.24) is 4.90 Å². The Labute approximate surface area is 103 Å². The van der Waals surface area contributed by atoms with Crippen LogP contribution >= 0.6 is 0 Å². The van der Waals surface area contributed by atoms with Crippen LogP contribution in [0.2, 0.25) is 0 Å². The molecule has 3 nitrogen and oxygen atoms in total. The van der Waals surface area contributed by atoms with Crippen LogP contribution in [0.25, 0.3) is 0 Å². The van der Waals surface area contributed by atoms with Crippen molar-refractivity contribution < 1.29 is 9.53 Å². The third-order valence-electron chi connectivity index (χ3n) is 2.62. The Morgan fingerprint density at radius 3 is 2.82 bits per heavy atom. The van der Waals surface area contributed by atoms with Crippen molar-refractivity contribution in [2.24, 2.45) is 0 Å². The van der Waals surface area contributed by atoms with Crippen LogP contribution in [-0.4, -0.2) is 31.0 Å². The van der Waals surface area contributed by atoms with E-state index < -0.39 is 0 Å². The molecule has 0 atom stereocenters. The first-order valence-electron chi connectivity index (χ1n) is 6.07. The SMILES string of the molecule is CCCCN(C)C(=O)COc1cccc(C)c1. The minimum absolute atomic E-state index is 0.0277. The number of carbonyl (C=O) groups excluding carboxylic acids is 1. The summed E-state index contributed by atoms with van der Waals surface area (Å²) in [6.45, 7) is 5.03. The van der Waals surface area contributed by atoms with Gasteiger partial charge in [0.15, 0.2) is 6.61 Å². The van der Waals surface area contributed by atoms with Crippen molar-refractivity contribution in [3.05, 3.63) is 29.8 Å². The van der Waals surface area contributed by atoms with Gasteiger partial charge in [-0.05, 0) is 31.0 Å². The smallest absolute Gasteiger partial charge is 0.260 e. The molecule has 0 bridgehead atoms. The maximum absolute atomic E-state index is 11.7. The molecule has 0 spiro atoms. The number of hydrogen-bond donors (Lipinski definition) is 0. The Balaban J connectivity index is 2.37. The number of likely N-dealkylation sites (N-methyl/N-ethyl adjacent to an activating group) is 1. The molecule has 0 aliphatic carbocycles. The van der Waals surface area contributed by atoms with Crippen LogP contribution in [-0.2, 0) is 4.79 Å². The van der Waals surface area contributed by atoms with Crippen molar-refractivity contribution in [2.45, 2.75) is 26.7 Å². The molecule has 0 saturated heterocycles. The summed E-state index contributed by atoms with van der Waals surface area (Å²) < 4.78 is 5.46. The van der Waals surface area contributed by atoms with E-state index in [-0.39, 0.29) is 12.5 Å². The van der Waals surface area contributed by atoms with E-state index in [1.807, 2.05) is 38.2 Å². The molecular weight excluding hydrogens is 214 g/mol. The monoisotopic (exact) mass is 235 g/mol. The van der Waals surface area contributed by atoms with Crippen molar-refractivity contribution >= 4 is 5.91 Å². The van der Waals surface area contributed by atoms with Crippen LogP contribution in [0, 0.1) is 6.92 Å². The molecule has 0 heterocycles. The van der Waals surface area contributed by atoms with E-state index in [0.29, 0.717) is 0 Å². The number of benzene rings is 1. The second kappa shape index (κ2) is 6.94. The first kappa shape index (κ1) is 13.6. The van der Waals surface area contributed by atoms with Gasteiger partial charge in [0.2, 0.25) is 0 Å². The fourth-order valence-corrected chi connectivity index (χ4v) is 1.48. The van der Waals surface area contributed by atoms with Gasteiger partial charge in [0.1, 0.15) is 5.75 Å². The minimum atomic E-state index is 0.0277. The largest absolute Gasteiger partial charge is 0.484 e. The van der Waals surface area contributed by atoms with Gasteiger partial charge in [-0.15, -0.1) is 0 Å². The Bertz CT molecular complexity index is 363. The minimum Gasteiger partial charge on any atom is -0.484 e. The van der Waals surface area contributed by atoms with E-state index in [1.165, 1.54) is 0 Å². The van der Waals surface area contributed by atoms with Gasteiger partial charge in [0.25, 0.3) is 5.91 Å². The van der Waals surface area contributed by atoms with Crippen molar-refractivity contribution in [1.29, 1.82) is 0 Å². The van der Waals surface area contributed by atoms with Gasteiger partial charge in [-0.25, -0.2) is 0 Å². The van der Waals surface area contributed by atoms with Gasteiger partial charge in [-0.2, -0.15) is 0 Å². The summed E-state index contributed by atoms with van der Waals surface area (Å²) in [5.41, 5.74) is 1.13. The Kier molecular flexibility index (Phi) is 5.53. The normalized spacial score (nSPS) is 10.1. The maximum atomic E-state index is 11.7. The zero-order valence-corrected chi connectivity index (χ0v) is 10.9. The number of hydrogen-bond acceptors (Lipinski definition) is 2. The van der Waals surface area contributed by atoms with E-state index in [2.05, 4.69) is 6.92 Å². The van der Waals surface area contributed by atoms with Gasteiger partial charge in [-0.3, -0.25) is 4.79 Å². The third kappa shape index (κ3) is 4.89. The summed E-state index contributed by atoms with van der Waals surface area (Å²) in [5, 5.41) is 0. The summed E-state index contributed by atoms with van der Waals surface area (Å²) in [7, 11) is 1.82. The van der Waals surface area contributed by atoms with E-state index >= 15 is 0 Å². The lowest BCUT2D eigenvalue weighted by Gasteiger charge is -2.17. The van der Waals surface area contributed by atoms with Crippen LogP contribution in [0.4, 0.5) is 0 Å². The molecule has 0 aromatic heterocycles. The summed E-state index contributed by atoms with van der Waals surface area (Å²) in [5.74, 6) is 0.780. The first-order valence-corrected chi connectivity index (χ1v) is 6.07. The highest BCUT2D eigenvalue weighted by atomic mass is 16.5. The van der Waals surface area contributed by atoms with E-state index in [9.17, 15) is 4.79 Å². The van der Waals surface area contributed by atoms with Gasteiger partial charge in [0.05, 0.1) is 0 Å². The maximum Gasteiger partial charge on any atom is 0.260 e. The molecular formula is C14H21NO2.